The number of nitrogens with zero attached hydrogens (tertiary/aromatic N) is 5. The lowest BCUT2D eigenvalue weighted by Crippen LogP contribution is -2.51. The minimum atomic E-state index is -4.58. The standard InChI is InChI=1S/C29H33F3N6O3/c1-18-25(20-11-26(37-4-6-41-7-5-37)35-27(12-20)38-16-24(39)17-38)13-23(14-33-18)34-28(40)21-8-19(15-36(2)3)9-22(10-21)29(30,31)32/h8-14,24,39H,4-7,15-17H2,1-3H3,(H,34,40). The number of amides is 1. The number of pyridine rings is 2. The summed E-state index contributed by atoms with van der Waals surface area (Å²) in [6.45, 7) is 5.65. The Morgan fingerprint density at radius 1 is 1.07 bits per heavy atom. The van der Waals surface area contributed by atoms with Gasteiger partial charge in [-0.1, -0.05) is 0 Å². The van der Waals surface area contributed by atoms with Crippen molar-refractivity contribution in [2.24, 2.45) is 0 Å². The van der Waals surface area contributed by atoms with Crippen LogP contribution in [0, 0.1) is 6.92 Å². The van der Waals surface area contributed by atoms with Crippen molar-refractivity contribution in [3.63, 3.8) is 0 Å². The SMILES string of the molecule is Cc1ncc(NC(=O)c2cc(CN(C)C)cc(C(F)(F)F)c2)cc1-c1cc(N2CCOCC2)nc(N2CC(O)C2)c1. The molecule has 2 aliphatic rings. The summed E-state index contributed by atoms with van der Waals surface area (Å²) < 4.78 is 46.2. The van der Waals surface area contributed by atoms with Gasteiger partial charge in [-0.05, 0) is 68.5 Å². The van der Waals surface area contributed by atoms with Crippen LogP contribution in [-0.4, -0.2) is 85.5 Å². The van der Waals surface area contributed by atoms with Gasteiger partial charge in [-0.3, -0.25) is 9.78 Å². The summed E-state index contributed by atoms with van der Waals surface area (Å²) in [5, 5.41) is 12.6. The second-order valence-corrected chi connectivity index (χ2v) is 10.7. The van der Waals surface area contributed by atoms with E-state index in [2.05, 4.69) is 15.2 Å². The number of aliphatic hydroxyl groups is 1. The number of aliphatic hydroxyl groups excluding tert-OH is 1. The van der Waals surface area contributed by atoms with E-state index in [1.54, 1.807) is 25.1 Å². The monoisotopic (exact) mass is 570 g/mol. The van der Waals surface area contributed by atoms with E-state index >= 15 is 0 Å². The number of anilines is 3. The average Bonchev–Trinajstić information content (AvgIpc) is 2.91. The van der Waals surface area contributed by atoms with Gasteiger partial charge in [0, 0.05) is 49.5 Å². The normalized spacial score (nSPS) is 16.2. The summed E-state index contributed by atoms with van der Waals surface area (Å²) in [5.74, 6) is 0.834. The largest absolute Gasteiger partial charge is 0.416 e. The fourth-order valence-corrected chi connectivity index (χ4v) is 4.96. The first-order valence-corrected chi connectivity index (χ1v) is 13.4. The topological polar surface area (TPSA) is 94.1 Å². The fraction of sp³-hybridized carbons (Fsp3) is 0.414. The number of rotatable bonds is 7. The molecule has 3 aromatic rings. The van der Waals surface area contributed by atoms with Gasteiger partial charge in [-0.2, -0.15) is 13.2 Å². The molecule has 0 atom stereocenters. The van der Waals surface area contributed by atoms with Crippen molar-refractivity contribution >= 4 is 23.2 Å². The van der Waals surface area contributed by atoms with Gasteiger partial charge in [0.25, 0.3) is 5.91 Å². The van der Waals surface area contributed by atoms with Gasteiger partial charge in [0.15, 0.2) is 0 Å². The molecule has 2 saturated heterocycles. The third-order valence-corrected chi connectivity index (χ3v) is 7.06. The van der Waals surface area contributed by atoms with Crippen molar-refractivity contribution in [3.8, 4) is 11.1 Å². The minimum Gasteiger partial charge on any atom is -0.389 e. The number of aromatic nitrogens is 2. The molecule has 4 heterocycles. The predicted octanol–water partition coefficient (Wildman–Crippen LogP) is 3.80. The number of benzene rings is 1. The maximum absolute atomic E-state index is 13.6. The van der Waals surface area contributed by atoms with E-state index in [0.717, 1.165) is 34.9 Å². The fourth-order valence-electron chi connectivity index (χ4n) is 4.96. The maximum atomic E-state index is 13.6. The zero-order valence-electron chi connectivity index (χ0n) is 23.2. The van der Waals surface area contributed by atoms with E-state index in [1.165, 1.54) is 12.3 Å². The maximum Gasteiger partial charge on any atom is 0.416 e. The lowest BCUT2D eigenvalue weighted by Gasteiger charge is -2.38. The Kier molecular flexibility index (Phi) is 8.16. The molecule has 1 aromatic carbocycles. The summed E-state index contributed by atoms with van der Waals surface area (Å²) in [7, 11) is 3.50. The Labute approximate surface area is 236 Å². The molecule has 12 heteroatoms. The van der Waals surface area contributed by atoms with Crippen LogP contribution in [0.4, 0.5) is 30.5 Å². The number of alkyl halides is 3. The van der Waals surface area contributed by atoms with E-state index < -0.39 is 23.8 Å². The zero-order chi connectivity index (χ0) is 29.3. The molecular weight excluding hydrogens is 537 g/mol. The molecule has 1 amide bonds. The van der Waals surface area contributed by atoms with E-state index in [-0.39, 0.29) is 12.1 Å². The third-order valence-electron chi connectivity index (χ3n) is 7.06. The van der Waals surface area contributed by atoms with Crippen molar-refractivity contribution in [1.82, 2.24) is 14.9 Å². The Hall–Kier alpha value is -3.74. The third kappa shape index (κ3) is 6.77. The number of carbonyl (C=O) groups is 1. The van der Waals surface area contributed by atoms with Gasteiger partial charge in [0.05, 0.1) is 36.8 Å². The Bertz CT molecular complexity index is 1420. The minimum absolute atomic E-state index is 0.0871. The summed E-state index contributed by atoms with van der Waals surface area (Å²) in [4.78, 5) is 28.3. The molecule has 218 valence electrons. The summed E-state index contributed by atoms with van der Waals surface area (Å²) in [5.41, 5.74) is 2.06. The molecule has 2 N–H and O–H groups in total. The molecule has 0 bridgehead atoms. The number of halogens is 3. The van der Waals surface area contributed by atoms with Crippen molar-refractivity contribution in [1.29, 1.82) is 0 Å². The van der Waals surface area contributed by atoms with E-state index in [1.807, 2.05) is 24.0 Å². The highest BCUT2D eigenvalue weighted by Gasteiger charge is 2.32. The zero-order valence-corrected chi connectivity index (χ0v) is 23.2. The number of hydrogen-bond donors (Lipinski definition) is 2. The van der Waals surface area contributed by atoms with Crippen LogP contribution in [-0.2, 0) is 17.5 Å². The molecule has 0 spiro atoms. The molecule has 0 unspecified atom stereocenters. The van der Waals surface area contributed by atoms with E-state index in [0.29, 0.717) is 56.3 Å². The van der Waals surface area contributed by atoms with Crippen molar-refractivity contribution in [3.05, 3.63) is 65.0 Å². The van der Waals surface area contributed by atoms with Gasteiger partial charge >= 0.3 is 6.18 Å². The van der Waals surface area contributed by atoms with Crippen LogP contribution in [0.3, 0.4) is 0 Å². The Morgan fingerprint density at radius 2 is 1.76 bits per heavy atom. The van der Waals surface area contributed by atoms with Crippen LogP contribution in [0.25, 0.3) is 11.1 Å². The first kappa shape index (κ1) is 28.8. The van der Waals surface area contributed by atoms with Gasteiger partial charge in [-0.15, -0.1) is 0 Å². The van der Waals surface area contributed by atoms with E-state index in [9.17, 15) is 23.1 Å². The van der Waals surface area contributed by atoms with Crippen LogP contribution in [0.5, 0.6) is 0 Å². The highest BCUT2D eigenvalue weighted by molar-refractivity contribution is 6.04. The number of ether oxygens (including phenoxy) is 1. The molecule has 0 radical (unpaired) electrons. The molecule has 2 aliphatic heterocycles. The molecule has 9 nitrogen and oxygen atoms in total. The van der Waals surface area contributed by atoms with Crippen molar-refractivity contribution in [2.45, 2.75) is 25.7 Å². The summed E-state index contributed by atoms with van der Waals surface area (Å²) in [6, 6.07) is 9.04. The van der Waals surface area contributed by atoms with Crippen LogP contribution >= 0.6 is 0 Å². The van der Waals surface area contributed by atoms with Crippen molar-refractivity contribution < 1.29 is 27.8 Å². The van der Waals surface area contributed by atoms with Gasteiger partial charge in [0.2, 0.25) is 0 Å². The second-order valence-electron chi connectivity index (χ2n) is 10.7. The number of nitrogens with one attached hydrogen (secondary N) is 1. The molecule has 0 aliphatic carbocycles. The van der Waals surface area contributed by atoms with Crippen LogP contribution in [0.15, 0.2) is 42.6 Å². The highest BCUT2D eigenvalue weighted by Crippen LogP contribution is 2.34. The Morgan fingerprint density at radius 3 is 2.39 bits per heavy atom. The lowest BCUT2D eigenvalue weighted by atomic mass is 10.0. The van der Waals surface area contributed by atoms with Gasteiger partial charge < -0.3 is 29.9 Å². The van der Waals surface area contributed by atoms with Gasteiger partial charge in [0.1, 0.15) is 11.6 Å². The van der Waals surface area contributed by atoms with E-state index in [4.69, 9.17) is 9.72 Å². The van der Waals surface area contributed by atoms with Crippen LogP contribution < -0.4 is 15.1 Å². The molecular formula is C29H33F3N6O3. The smallest absolute Gasteiger partial charge is 0.389 e. The van der Waals surface area contributed by atoms with Gasteiger partial charge in [-0.25, -0.2) is 4.98 Å². The first-order valence-electron chi connectivity index (χ1n) is 13.4. The van der Waals surface area contributed by atoms with Crippen LogP contribution in [0.1, 0.15) is 27.2 Å². The number of β-amino-alcohol motifs (C(OH)–C–C–N with tert-alkyl or cyclic N) is 1. The predicted molar refractivity (Wildman–Crippen MR) is 150 cm³/mol. The lowest BCUT2D eigenvalue weighted by molar-refractivity contribution is -0.137. The highest BCUT2D eigenvalue weighted by atomic mass is 19.4. The van der Waals surface area contributed by atoms with Crippen molar-refractivity contribution in [2.75, 3.05) is 68.6 Å². The number of aryl methyl sites for hydroxylation is 1. The number of morpholine rings is 1. The Balaban J connectivity index is 1.46. The number of carbonyl (C=O) groups excluding carboxylic acids is 1. The molecule has 2 aromatic heterocycles. The molecule has 41 heavy (non-hydrogen) atoms. The molecule has 5 rings (SSSR count). The summed E-state index contributed by atoms with van der Waals surface area (Å²) >= 11 is 0. The average molecular weight is 571 g/mol. The molecule has 0 saturated carbocycles. The van der Waals surface area contributed by atoms with Crippen LogP contribution in [0.2, 0.25) is 0 Å². The first-order chi connectivity index (χ1) is 19.5. The summed E-state index contributed by atoms with van der Waals surface area (Å²) in [6.07, 6.45) is -3.50. The molecule has 2 fully saturated rings. The number of hydrogen-bond acceptors (Lipinski definition) is 8. The quantitative estimate of drug-likeness (QED) is 0.443. The second kappa shape index (κ2) is 11.6.